The average Bonchev–Trinajstić information content (AvgIpc) is 2.40. The van der Waals surface area contributed by atoms with Gasteiger partial charge in [0, 0.05) is 21.8 Å². The topological polar surface area (TPSA) is 63.1 Å². The molecule has 0 aliphatic heterocycles. The van der Waals surface area contributed by atoms with E-state index in [0.717, 1.165) is 17.2 Å². The van der Waals surface area contributed by atoms with Crippen molar-refractivity contribution in [1.82, 2.24) is 9.97 Å². The van der Waals surface area contributed by atoms with Crippen LogP contribution in [0.5, 0.6) is 0 Å². The lowest BCUT2D eigenvalue weighted by Gasteiger charge is -2.09. The second-order valence-electron chi connectivity index (χ2n) is 4.96. The summed E-state index contributed by atoms with van der Waals surface area (Å²) in [4.78, 5) is 20.9. The zero-order chi connectivity index (χ0) is 15.4. The minimum Gasteiger partial charge on any atom is -0.481 e. The Morgan fingerprint density at radius 1 is 1.19 bits per heavy atom. The van der Waals surface area contributed by atoms with Crippen molar-refractivity contribution in [2.24, 2.45) is 0 Å². The zero-order valence-electron chi connectivity index (χ0n) is 12.4. The number of aryl methyl sites for hydroxylation is 3. The highest BCUT2D eigenvalue weighted by molar-refractivity contribution is 7.98. The fourth-order valence-corrected chi connectivity index (χ4v) is 3.00. The Bertz CT molecular complexity index is 648. The van der Waals surface area contributed by atoms with Crippen LogP contribution in [0.4, 0.5) is 0 Å². The maximum Gasteiger partial charge on any atom is 0.307 e. The van der Waals surface area contributed by atoms with Gasteiger partial charge in [-0.1, -0.05) is 17.7 Å². The molecule has 0 bridgehead atoms. The summed E-state index contributed by atoms with van der Waals surface area (Å²) in [5, 5.41) is 8.90. The lowest BCUT2D eigenvalue weighted by atomic mass is 10.1. The van der Waals surface area contributed by atoms with Gasteiger partial charge in [-0.05, 0) is 32.9 Å². The summed E-state index contributed by atoms with van der Waals surface area (Å²) in [5.41, 5.74) is 3.45. The van der Waals surface area contributed by atoms with E-state index >= 15 is 0 Å². The third-order valence-electron chi connectivity index (χ3n) is 3.15. The first kappa shape index (κ1) is 15.5. The molecule has 0 atom stereocenters. The van der Waals surface area contributed by atoms with Crippen molar-refractivity contribution in [3.63, 3.8) is 0 Å². The summed E-state index contributed by atoms with van der Waals surface area (Å²) in [6.07, 6.45) is -0.0248. The summed E-state index contributed by atoms with van der Waals surface area (Å²) in [5.74, 6) is 0.565. The van der Waals surface area contributed by atoms with Crippen LogP contribution in [-0.4, -0.2) is 21.0 Å². The number of aliphatic carboxylic acids is 1. The smallest absolute Gasteiger partial charge is 0.307 e. The number of thioether (sulfide) groups is 1. The first-order chi connectivity index (χ1) is 9.95. The summed E-state index contributed by atoms with van der Waals surface area (Å²) in [7, 11) is 0. The fraction of sp³-hybridized carbons (Fsp3) is 0.312. The predicted octanol–water partition coefficient (Wildman–Crippen LogP) is 3.32. The molecule has 0 saturated carbocycles. The fourth-order valence-electron chi connectivity index (χ4n) is 2.13. The third-order valence-corrected chi connectivity index (χ3v) is 4.14. The van der Waals surface area contributed by atoms with Crippen LogP contribution in [0.15, 0.2) is 29.2 Å². The monoisotopic (exact) mass is 302 g/mol. The summed E-state index contributed by atoms with van der Waals surface area (Å²) >= 11 is 1.68. The second-order valence-corrected chi connectivity index (χ2v) is 6.01. The molecule has 0 spiro atoms. The molecule has 4 nitrogen and oxygen atoms in total. The van der Waals surface area contributed by atoms with Crippen LogP contribution in [0.25, 0.3) is 0 Å². The van der Waals surface area contributed by atoms with Crippen molar-refractivity contribution in [3.05, 3.63) is 52.6 Å². The summed E-state index contributed by atoms with van der Waals surface area (Å²) in [6.45, 7) is 5.75. The van der Waals surface area contributed by atoms with Gasteiger partial charge < -0.3 is 5.11 Å². The minimum absolute atomic E-state index is 0.0248. The maximum atomic E-state index is 10.8. The highest BCUT2D eigenvalue weighted by atomic mass is 32.2. The number of carboxylic acids is 1. The van der Waals surface area contributed by atoms with E-state index in [1.807, 2.05) is 19.9 Å². The Kier molecular flexibility index (Phi) is 4.96. The Balaban J connectivity index is 2.13. The number of carbonyl (C=O) groups is 1. The summed E-state index contributed by atoms with van der Waals surface area (Å²) in [6, 6.07) is 8.29. The van der Waals surface area contributed by atoms with Crippen molar-refractivity contribution in [3.8, 4) is 0 Å². The van der Waals surface area contributed by atoms with Gasteiger partial charge in [0.1, 0.15) is 5.82 Å². The molecule has 1 aromatic carbocycles. The first-order valence-corrected chi connectivity index (χ1v) is 7.68. The van der Waals surface area contributed by atoms with Crippen LogP contribution in [0, 0.1) is 20.8 Å². The molecule has 1 aromatic heterocycles. The van der Waals surface area contributed by atoms with Gasteiger partial charge in [0.2, 0.25) is 0 Å². The van der Waals surface area contributed by atoms with Gasteiger partial charge in [-0.25, -0.2) is 9.97 Å². The molecule has 0 fully saturated rings. The van der Waals surface area contributed by atoms with Gasteiger partial charge >= 0.3 is 5.97 Å². The van der Waals surface area contributed by atoms with E-state index in [1.165, 1.54) is 10.5 Å². The second kappa shape index (κ2) is 6.72. The number of rotatable bonds is 5. The van der Waals surface area contributed by atoms with Crippen molar-refractivity contribution in [2.75, 3.05) is 0 Å². The molecular weight excluding hydrogens is 284 g/mol. The quantitative estimate of drug-likeness (QED) is 0.858. The Labute approximate surface area is 128 Å². The number of benzene rings is 1. The van der Waals surface area contributed by atoms with Crippen molar-refractivity contribution in [1.29, 1.82) is 0 Å². The molecule has 0 radical (unpaired) electrons. The number of hydrogen-bond acceptors (Lipinski definition) is 4. The van der Waals surface area contributed by atoms with Crippen LogP contribution in [0.1, 0.15) is 28.3 Å². The minimum atomic E-state index is -0.855. The highest BCUT2D eigenvalue weighted by Gasteiger charge is 2.12. The van der Waals surface area contributed by atoms with Gasteiger partial charge in [-0.15, -0.1) is 11.8 Å². The molecule has 1 N–H and O–H groups in total. The molecule has 0 saturated heterocycles. The van der Waals surface area contributed by atoms with E-state index in [-0.39, 0.29) is 6.42 Å². The van der Waals surface area contributed by atoms with Crippen molar-refractivity contribution < 1.29 is 9.90 Å². The van der Waals surface area contributed by atoms with E-state index in [1.54, 1.807) is 11.8 Å². The Morgan fingerprint density at radius 2 is 1.86 bits per heavy atom. The standard InChI is InChI=1S/C16H18N2O2S/c1-10-5-4-6-13(7-10)21-9-15-17-11(2)14(8-16(19)20)12(3)18-15/h4-7H,8-9H2,1-3H3,(H,19,20). The van der Waals surface area contributed by atoms with Gasteiger partial charge in [-0.2, -0.15) is 0 Å². The van der Waals surface area contributed by atoms with E-state index in [0.29, 0.717) is 11.3 Å². The molecule has 110 valence electrons. The third kappa shape index (κ3) is 4.29. The van der Waals surface area contributed by atoms with Crippen LogP contribution in [0.2, 0.25) is 0 Å². The van der Waals surface area contributed by atoms with E-state index < -0.39 is 5.97 Å². The molecule has 0 aliphatic carbocycles. The van der Waals surface area contributed by atoms with Gasteiger partial charge in [0.25, 0.3) is 0 Å². The molecule has 5 heteroatoms. The molecule has 0 unspecified atom stereocenters. The zero-order valence-corrected chi connectivity index (χ0v) is 13.2. The average molecular weight is 302 g/mol. The lowest BCUT2D eigenvalue weighted by molar-refractivity contribution is -0.136. The summed E-state index contributed by atoms with van der Waals surface area (Å²) < 4.78 is 0. The number of hydrogen-bond donors (Lipinski definition) is 1. The molecule has 21 heavy (non-hydrogen) atoms. The van der Waals surface area contributed by atoms with Crippen molar-refractivity contribution >= 4 is 17.7 Å². The molecular formula is C16H18N2O2S. The van der Waals surface area contributed by atoms with E-state index in [4.69, 9.17) is 5.11 Å². The Morgan fingerprint density at radius 3 is 2.43 bits per heavy atom. The number of nitrogens with zero attached hydrogens (tertiary/aromatic N) is 2. The van der Waals surface area contributed by atoms with Crippen LogP contribution in [-0.2, 0) is 17.0 Å². The van der Waals surface area contributed by atoms with Gasteiger partial charge in [-0.3, -0.25) is 4.79 Å². The molecule has 0 aliphatic rings. The molecule has 0 amide bonds. The lowest BCUT2D eigenvalue weighted by Crippen LogP contribution is -2.09. The largest absolute Gasteiger partial charge is 0.481 e. The first-order valence-electron chi connectivity index (χ1n) is 6.70. The Hall–Kier alpha value is -1.88. The SMILES string of the molecule is Cc1cccc(SCc2nc(C)c(CC(=O)O)c(C)n2)c1. The molecule has 2 aromatic rings. The van der Waals surface area contributed by atoms with Gasteiger partial charge in [0.05, 0.1) is 12.2 Å². The predicted molar refractivity (Wildman–Crippen MR) is 83.6 cm³/mol. The van der Waals surface area contributed by atoms with Crippen LogP contribution < -0.4 is 0 Å². The van der Waals surface area contributed by atoms with Crippen LogP contribution >= 0.6 is 11.8 Å². The number of aromatic nitrogens is 2. The van der Waals surface area contributed by atoms with Crippen molar-refractivity contribution in [2.45, 2.75) is 37.8 Å². The normalized spacial score (nSPS) is 10.6. The molecule has 1 heterocycles. The van der Waals surface area contributed by atoms with Crippen LogP contribution in [0.3, 0.4) is 0 Å². The highest BCUT2D eigenvalue weighted by Crippen LogP contribution is 2.23. The van der Waals surface area contributed by atoms with Gasteiger partial charge in [0.15, 0.2) is 0 Å². The number of carboxylic acid groups (broad SMARTS) is 1. The van der Waals surface area contributed by atoms with E-state index in [2.05, 4.69) is 35.1 Å². The maximum absolute atomic E-state index is 10.8. The molecule has 2 rings (SSSR count). The van der Waals surface area contributed by atoms with E-state index in [9.17, 15) is 4.79 Å².